The predicted octanol–water partition coefficient (Wildman–Crippen LogP) is 3.32. The number of carboxylic acid groups (broad SMARTS) is 1. The van der Waals surface area contributed by atoms with Crippen LogP contribution in [0.25, 0.3) is 0 Å². The van der Waals surface area contributed by atoms with Crippen LogP contribution in [-0.2, 0) is 4.79 Å². The molecule has 92 valence electrons. The minimum Gasteiger partial charge on any atom is -0.481 e. The Bertz CT molecular complexity index is 423. The van der Waals surface area contributed by atoms with Gasteiger partial charge in [-0.25, -0.2) is 8.78 Å². The minimum atomic E-state index is -0.775. The Morgan fingerprint density at radius 2 is 1.82 bits per heavy atom. The van der Waals surface area contributed by atoms with E-state index in [-0.39, 0.29) is 11.8 Å². The monoisotopic (exact) mass is 240 g/mol. The summed E-state index contributed by atoms with van der Waals surface area (Å²) in [6.07, 6.45) is 2.44. The Labute approximate surface area is 98.3 Å². The highest BCUT2D eigenvalue weighted by Gasteiger charge is 2.27. The van der Waals surface area contributed by atoms with Gasteiger partial charge in [-0.15, -0.1) is 0 Å². The van der Waals surface area contributed by atoms with E-state index in [4.69, 9.17) is 5.11 Å². The van der Waals surface area contributed by atoms with Crippen molar-refractivity contribution in [1.29, 1.82) is 0 Å². The number of rotatable bonds is 2. The zero-order valence-electron chi connectivity index (χ0n) is 9.33. The van der Waals surface area contributed by atoms with Crippen molar-refractivity contribution >= 4 is 5.97 Å². The standard InChI is InChI=1S/C13H14F2O2/c14-10-5-6-11(12(15)7-10)8-1-3-9(4-2-8)13(16)17/h5-9H,1-4H2,(H,16,17). The molecule has 0 aromatic heterocycles. The molecule has 0 radical (unpaired) electrons. The Hall–Kier alpha value is -1.45. The van der Waals surface area contributed by atoms with Crippen molar-refractivity contribution in [3.63, 3.8) is 0 Å². The zero-order valence-corrected chi connectivity index (χ0v) is 9.33. The quantitative estimate of drug-likeness (QED) is 0.861. The topological polar surface area (TPSA) is 37.3 Å². The molecule has 1 fully saturated rings. The smallest absolute Gasteiger partial charge is 0.306 e. The van der Waals surface area contributed by atoms with Crippen LogP contribution in [0.1, 0.15) is 37.2 Å². The van der Waals surface area contributed by atoms with Gasteiger partial charge in [-0.05, 0) is 43.2 Å². The normalized spacial score (nSPS) is 24.6. The Balaban J connectivity index is 2.08. The Morgan fingerprint density at radius 3 is 2.35 bits per heavy atom. The molecule has 1 aromatic rings. The lowest BCUT2D eigenvalue weighted by Crippen LogP contribution is -2.21. The first-order chi connectivity index (χ1) is 8.08. The molecule has 0 unspecified atom stereocenters. The molecule has 0 atom stereocenters. The van der Waals surface area contributed by atoms with Gasteiger partial charge < -0.3 is 5.11 Å². The van der Waals surface area contributed by atoms with E-state index in [0.717, 1.165) is 6.07 Å². The molecule has 2 rings (SSSR count). The Morgan fingerprint density at radius 1 is 1.18 bits per heavy atom. The summed E-state index contributed by atoms with van der Waals surface area (Å²) >= 11 is 0. The fraction of sp³-hybridized carbons (Fsp3) is 0.462. The molecule has 1 aliphatic carbocycles. The number of carboxylic acids is 1. The van der Waals surface area contributed by atoms with Gasteiger partial charge in [0, 0.05) is 6.07 Å². The number of aliphatic carboxylic acids is 1. The second kappa shape index (κ2) is 4.82. The highest BCUT2D eigenvalue weighted by Crippen LogP contribution is 2.36. The molecular weight excluding hydrogens is 226 g/mol. The first-order valence-electron chi connectivity index (χ1n) is 5.75. The van der Waals surface area contributed by atoms with Gasteiger partial charge in [-0.3, -0.25) is 4.79 Å². The third-order valence-corrected chi connectivity index (χ3v) is 3.48. The average Bonchev–Trinajstić information content (AvgIpc) is 2.29. The van der Waals surface area contributed by atoms with Gasteiger partial charge in [0.15, 0.2) is 0 Å². The molecule has 1 N–H and O–H groups in total. The van der Waals surface area contributed by atoms with Crippen molar-refractivity contribution in [2.24, 2.45) is 5.92 Å². The first kappa shape index (κ1) is 12.0. The fourth-order valence-corrected chi connectivity index (χ4v) is 2.48. The van der Waals surface area contributed by atoms with E-state index in [9.17, 15) is 13.6 Å². The third-order valence-electron chi connectivity index (χ3n) is 3.48. The summed E-state index contributed by atoms with van der Waals surface area (Å²) in [6.45, 7) is 0. The van der Waals surface area contributed by atoms with E-state index in [1.165, 1.54) is 12.1 Å². The third kappa shape index (κ3) is 2.62. The first-order valence-corrected chi connectivity index (χ1v) is 5.75. The highest BCUT2D eigenvalue weighted by atomic mass is 19.1. The number of benzene rings is 1. The van der Waals surface area contributed by atoms with Crippen molar-refractivity contribution < 1.29 is 18.7 Å². The molecule has 17 heavy (non-hydrogen) atoms. The van der Waals surface area contributed by atoms with E-state index in [2.05, 4.69) is 0 Å². The van der Waals surface area contributed by atoms with Gasteiger partial charge in [-0.1, -0.05) is 6.07 Å². The molecule has 0 bridgehead atoms. The lowest BCUT2D eigenvalue weighted by molar-refractivity contribution is -0.142. The van der Waals surface area contributed by atoms with Crippen LogP contribution < -0.4 is 0 Å². The minimum absolute atomic E-state index is 0.0196. The predicted molar refractivity (Wildman–Crippen MR) is 58.7 cm³/mol. The fourth-order valence-electron chi connectivity index (χ4n) is 2.48. The van der Waals surface area contributed by atoms with Crippen molar-refractivity contribution in [3.8, 4) is 0 Å². The summed E-state index contributed by atoms with van der Waals surface area (Å²) in [6, 6.07) is 3.61. The van der Waals surface area contributed by atoms with Crippen LogP contribution in [0.15, 0.2) is 18.2 Å². The van der Waals surface area contributed by atoms with Crippen molar-refractivity contribution in [2.75, 3.05) is 0 Å². The van der Waals surface area contributed by atoms with Gasteiger partial charge in [0.2, 0.25) is 0 Å². The van der Waals surface area contributed by atoms with E-state index < -0.39 is 17.6 Å². The second-order valence-electron chi connectivity index (χ2n) is 4.55. The van der Waals surface area contributed by atoms with Crippen molar-refractivity contribution in [2.45, 2.75) is 31.6 Å². The molecule has 1 saturated carbocycles. The van der Waals surface area contributed by atoms with Crippen LogP contribution in [0.3, 0.4) is 0 Å². The van der Waals surface area contributed by atoms with Gasteiger partial charge in [0.1, 0.15) is 11.6 Å². The van der Waals surface area contributed by atoms with Crippen molar-refractivity contribution in [1.82, 2.24) is 0 Å². The maximum Gasteiger partial charge on any atom is 0.306 e. The molecule has 2 nitrogen and oxygen atoms in total. The number of carbonyl (C=O) groups is 1. The zero-order chi connectivity index (χ0) is 12.4. The van der Waals surface area contributed by atoms with Crippen LogP contribution in [-0.4, -0.2) is 11.1 Å². The molecule has 0 spiro atoms. The van der Waals surface area contributed by atoms with E-state index in [1.807, 2.05) is 0 Å². The molecule has 1 aliphatic rings. The summed E-state index contributed by atoms with van der Waals surface area (Å²) in [5.74, 6) is -2.17. The maximum absolute atomic E-state index is 13.5. The van der Waals surface area contributed by atoms with Crippen LogP contribution in [0.5, 0.6) is 0 Å². The van der Waals surface area contributed by atoms with Crippen LogP contribution in [0, 0.1) is 17.6 Å². The van der Waals surface area contributed by atoms with Gasteiger partial charge >= 0.3 is 5.97 Å². The van der Waals surface area contributed by atoms with Crippen LogP contribution >= 0.6 is 0 Å². The summed E-state index contributed by atoms with van der Waals surface area (Å²) in [5.41, 5.74) is 0.509. The van der Waals surface area contributed by atoms with Gasteiger partial charge in [0.25, 0.3) is 0 Å². The number of hydrogen-bond acceptors (Lipinski definition) is 1. The highest BCUT2D eigenvalue weighted by molar-refractivity contribution is 5.70. The summed E-state index contributed by atoms with van der Waals surface area (Å²) in [5, 5.41) is 8.86. The molecule has 0 heterocycles. The van der Waals surface area contributed by atoms with Crippen LogP contribution in [0.4, 0.5) is 8.78 Å². The second-order valence-corrected chi connectivity index (χ2v) is 4.55. The summed E-state index contributed by atoms with van der Waals surface area (Å²) in [7, 11) is 0. The van der Waals surface area contributed by atoms with Crippen molar-refractivity contribution in [3.05, 3.63) is 35.4 Å². The summed E-state index contributed by atoms with van der Waals surface area (Å²) < 4.78 is 26.3. The maximum atomic E-state index is 13.5. The van der Waals surface area contributed by atoms with E-state index in [1.54, 1.807) is 0 Å². The lowest BCUT2D eigenvalue weighted by Gasteiger charge is -2.26. The van der Waals surface area contributed by atoms with E-state index in [0.29, 0.717) is 31.2 Å². The molecule has 1 aromatic carbocycles. The molecule has 4 heteroatoms. The molecule has 0 saturated heterocycles. The average molecular weight is 240 g/mol. The van der Waals surface area contributed by atoms with E-state index >= 15 is 0 Å². The lowest BCUT2D eigenvalue weighted by atomic mass is 9.78. The number of halogens is 2. The van der Waals surface area contributed by atoms with Gasteiger partial charge in [-0.2, -0.15) is 0 Å². The molecule has 0 aliphatic heterocycles. The number of hydrogen-bond donors (Lipinski definition) is 1. The SMILES string of the molecule is O=C(O)C1CCC(c2ccc(F)cc2F)CC1. The molecule has 0 amide bonds. The van der Waals surface area contributed by atoms with Gasteiger partial charge in [0.05, 0.1) is 5.92 Å². The Kier molecular flexibility index (Phi) is 3.41. The van der Waals surface area contributed by atoms with Crippen LogP contribution in [0.2, 0.25) is 0 Å². The molecular formula is C13H14F2O2. The summed E-state index contributed by atoms with van der Waals surface area (Å²) in [4.78, 5) is 10.8. The largest absolute Gasteiger partial charge is 0.481 e.